The molecule has 0 heterocycles. The molecule has 0 radical (unpaired) electrons. The van der Waals surface area contributed by atoms with Gasteiger partial charge in [-0.05, 0) is 52.0 Å². The number of rotatable bonds is 8. The van der Waals surface area contributed by atoms with E-state index in [1.165, 1.54) is 21.7 Å². The Bertz CT molecular complexity index is 616. The van der Waals surface area contributed by atoms with Crippen LogP contribution in [0.5, 0.6) is 0 Å². The fourth-order valence-corrected chi connectivity index (χ4v) is 5.90. The minimum Gasteiger partial charge on any atom is -0.372 e. The molecule has 0 aromatic heterocycles. The molecule has 136 valence electrons. The smallest absolute Gasteiger partial charge is 0.112 e. The minimum atomic E-state index is -1.71. The van der Waals surface area contributed by atoms with Gasteiger partial charge in [0.1, 0.15) is 8.07 Å². The van der Waals surface area contributed by atoms with Gasteiger partial charge in [0.05, 0.1) is 0 Å². The third-order valence-corrected chi connectivity index (χ3v) is 8.90. The van der Waals surface area contributed by atoms with Crippen molar-refractivity contribution < 1.29 is 0 Å². The van der Waals surface area contributed by atoms with Crippen molar-refractivity contribution in [3.63, 3.8) is 0 Å². The van der Waals surface area contributed by atoms with Crippen molar-refractivity contribution in [2.24, 2.45) is 0 Å². The van der Waals surface area contributed by atoms with Crippen LogP contribution in [0.3, 0.4) is 0 Å². The number of benzene rings is 2. The second-order valence-corrected chi connectivity index (χ2v) is 11.5. The molecule has 0 saturated heterocycles. The van der Waals surface area contributed by atoms with E-state index in [9.17, 15) is 0 Å². The average Bonchev–Trinajstić information content (AvgIpc) is 2.64. The summed E-state index contributed by atoms with van der Waals surface area (Å²) in [6.07, 6.45) is 0. The molecule has 2 rings (SSSR count). The second-order valence-electron chi connectivity index (χ2n) is 7.07. The van der Waals surface area contributed by atoms with Crippen LogP contribution in [0, 0.1) is 0 Å². The highest BCUT2D eigenvalue weighted by Gasteiger charge is 2.27. The van der Waals surface area contributed by atoms with Crippen LogP contribution >= 0.6 is 0 Å². The van der Waals surface area contributed by atoms with E-state index in [-0.39, 0.29) is 0 Å². The largest absolute Gasteiger partial charge is 0.372 e. The summed E-state index contributed by atoms with van der Waals surface area (Å²) < 4.78 is 0. The molecule has 0 spiro atoms. The molecule has 2 aromatic rings. The van der Waals surface area contributed by atoms with E-state index in [1.54, 1.807) is 0 Å². The quantitative estimate of drug-likeness (QED) is 0.656. The lowest BCUT2D eigenvalue weighted by molar-refractivity contribution is 0.866. The number of hydrogen-bond acceptors (Lipinski definition) is 2. The van der Waals surface area contributed by atoms with Crippen LogP contribution in [0.4, 0.5) is 11.4 Å². The van der Waals surface area contributed by atoms with Gasteiger partial charge in [-0.1, -0.05) is 47.7 Å². The molecule has 2 aromatic carbocycles. The predicted molar refractivity (Wildman–Crippen MR) is 117 cm³/mol. The van der Waals surface area contributed by atoms with Crippen LogP contribution in [0.1, 0.15) is 27.7 Å². The maximum atomic E-state index is 2.47. The van der Waals surface area contributed by atoms with Gasteiger partial charge < -0.3 is 9.80 Å². The maximum absolute atomic E-state index is 2.47. The third kappa shape index (κ3) is 4.27. The molecule has 0 saturated carbocycles. The summed E-state index contributed by atoms with van der Waals surface area (Å²) in [6.45, 7) is 18.1. The van der Waals surface area contributed by atoms with Crippen molar-refractivity contribution in [3.05, 3.63) is 48.5 Å². The van der Waals surface area contributed by atoms with Gasteiger partial charge in [-0.2, -0.15) is 0 Å². The first-order chi connectivity index (χ1) is 12.0. The van der Waals surface area contributed by atoms with Crippen molar-refractivity contribution >= 4 is 29.8 Å². The monoisotopic (exact) mass is 354 g/mol. The lowest BCUT2D eigenvalue weighted by Gasteiger charge is -2.29. The first-order valence-corrected chi connectivity index (χ1v) is 12.7. The van der Waals surface area contributed by atoms with Crippen LogP contribution in [0.2, 0.25) is 13.1 Å². The van der Waals surface area contributed by atoms with Crippen LogP contribution in [0.25, 0.3) is 0 Å². The zero-order valence-corrected chi connectivity index (χ0v) is 17.8. The van der Waals surface area contributed by atoms with Crippen LogP contribution in [-0.4, -0.2) is 34.3 Å². The molecular formula is C22H34N2Si. The summed E-state index contributed by atoms with van der Waals surface area (Å²) in [7, 11) is -1.71. The first-order valence-electron chi connectivity index (χ1n) is 9.68. The zero-order chi connectivity index (χ0) is 18.4. The van der Waals surface area contributed by atoms with E-state index < -0.39 is 8.07 Å². The summed E-state index contributed by atoms with van der Waals surface area (Å²) in [5.74, 6) is 0. The lowest BCUT2D eigenvalue weighted by atomic mass is 10.3. The standard InChI is InChI=1S/C22H34N2Si/c1-7-23(8-2)19-13-11-15-21(17-19)25(5,6)22-16-12-14-20(18-22)24(9-3)10-4/h11-18H,7-10H2,1-6H3. The Balaban J connectivity index is 2.41. The Morgan fingerprint density at radius 3 is 1.32 bits per heavy atom. The molecule has 0 fully saturated rings. The van der Waals surface area contributed by atoms with Crippen molar-refractivity contribution in [2.45, 2.75) is 40.8 Å². The van der Waals surface area contributed by atoms with E-state index in [2.05, 4.69) is 99.1 Å². The molecule has 2 nitrogen and oxygen atoms in total. The third-order valence-electron chi connectivity index (χ3n) is 5.39. The number of hydrogen-bond donors (Lipinski definition) is 0. The highest BCUT2D eigenvalue weighted by molar-refractivity contribution is 7.00. The van der Waals surface area contributed by atoms with Crippen molar-refractivity contribution in [3.8, 4) is 0 Å². The number of anilines is 2. The van der Waals surface area contributed by atoms with Gasteiger partial charge >= 0.3 is 0 Å². The molecule has 3 heteroatoms. The van der Waals surface area contributed by atoms with Gasteiger partial charge in [0, 0.05) is 37.6 Å². The van der Waals surface area contributed by atoms with Gasteiger partial charge in [-0.25, -0.2) is 0 Å². The fraction of sp³-hybridized carbons (Fsp3) is 0.455. The first kappa shape index (κ1) is 19.6. The number of nitrogens with zero attached hydrogens (tertiary/aromatic N) is 2. The molecule has 0 atom stereocenters. The molecule has 0 bridgehead atoms. The molecule has 0 aliphatic carbocycles. The topological polar surface area (TPSA) is 6.48 Å². The zero-order valence-electron chi connectivity index (χ0n) is 16.8. The van der Waals surface area contributed by atoms with Crippen molar-refractivity contribution in [1.29, 1.82) is 0 Å². The predicted octanol–water partition coefficient (Wildman–Crippen LogP) is 4.20. The molecule has 0 unspecified atom stereocenters. The molecule has 0 amide bonds. The Morgan fingerprint density at radius 2 is 1.00 bits per heavy atom. The second kappa shape index (κ2) is 8.57. The van der Waals surface area contributed by atoms with Gasteiger partial charge in [-0.15, -0.1) is 0 Å². The minimum absolute atomic E-state index is 1.05. The Kier molecular flexibility index (Phi) is 6.71. The molecule has 0 aliphatic rings. The molecule has 0 aliphatic heterocycles. The van der Waals surface area contributed by atoms with E-state index in [0.717, 1.165) is 26.2 Å². The van der Waals surface area contributed by atoms with E-state index in [1.807, 2.05) is 0 Å². The van der Waals surface area contributed by atoms with Crippen LogP contribution < -0.4 is 20.2 Å². The summed E-state index contributed by atoms with van der Waals surface area (Å²) in [5, 5.41) is 3.02. The molecule has 0 N–H and O–H groups in total. The van der Waals surface area contributed by atoms with Crippen molar-refractivity contribution in [2.75, 3.05) is 36.0 Å². The molecular weight excluding hydrogens is 320 g/mol. The van der Waals surface area contributed by atoms with Crippen molar-refractivity contribution in [1.82, 2.24) is 0 Å². The highest BCUT2D eigenvalue weighted by Crippen LogP contribution is 2.17. The Labute approximate surface area is 155 Å². The average molecular weight is 355 g/mol. The lowest BCUT2D eigenvalue weighted by Crippen LogP contribution is -2.53. The molecule has 25 heavy (non-hydrogen) atoms. The Hall–Kier alpha value is -1.74. The van der Waals surface area contributed by atoms with Gasteiger partial charge in [0.2, 0.25) is 0 Å². The van der Waals surface area contributed by atoms with E-state index >= 15 is 0 Å². The fourth-order valence-electron chi connectivity index (χ4n) is 3.53. The van der Waals surface area contributed by atoms with Gasteiger partial charge in [0.15, 0.2) is 0 Å². The summed E-state index contributed by atoms with van der Waals surface area (Å²) >= 11 is 0. The Morgan fingerprint density at radius 1 is 0.640 bits per heavy atom. The summed E-state index contributed by atoms with van der Waals surface area (Å²) in [5.41, 5.74) is 2.70. The van der Waals surface area contributed by atoms with E-state index in [0.29, 0.717) is 0 Å². The summed E-state index contributed by atoms with van der Waals surface area (Å²) in [6, 6.07) is 18.4. The normalized spacial score (nSPS) is 11.4. The SMILES string of the molecule is CCN(CC)c1cccc([Si](C)(C)c2cccc(N(CC)CC)c2)c1. The van der Waals surface area contributed by atoms with Gasteiger partial charge in [0.25, 0.3) is 0 Å². The maximum Gasteiger partial charge on any atom is 0.112 e. The summed E-state index contributed by atoms with van der Waals surface area (Å²) in [4.78, 5) is 4.86. The van der Waals surface area contributed by atoms with Crippen LogP contribution in [-0.2, 0) is 0 Å². The van der Waals surface area contributed by atoms with Crippen LogP contribution in [0.15, 0.2) is 48.5 Å². The highest BCUT2D eigenvalue weighted by atomic mass is 28.3. The van der Waals surface area contributed by atoms with E-state index in [4.69, 9.17) is 0 Å². The van der Waals surface area contributed by atoms with Gasteiger partial charge in [-0.3, -0.25) is 0 Å².